The van der Waals surface area contributed by atoms with Crippen LogP contribution in [-0.2, 0) is 11.3 Å². The van der Waals surface area contributed by atoms with Crippen LogP contribution in [0, 0.1) is 0 Å². The van der Waals surface area contributed by atoms with E-state index in [4.69, 9.17) is 14.9 Å². The molecule has 1 aliphatic rings. The van der Waals surface area contributed by atoms with Gasteiger partial charge in [-0.05, 0) is 20.0 Å². The molecule has 2 rings (SSSR count). The summed E-state index contributed by atoms with van der Waals surface area (Å²) in [4.78, 5) is 16.4. The molecule has 0 aliphatic carbocycles. The number of carbonyl (C=O) groups is 1. The monoisotopic (exact) mass is 281 g/mol. The summed E-state index contributed by atoms with van der Waals surface area (Å²) in [5, 5.41) is 0. The number of hydrogen-bond donors (Lipinski definition) is 1. The van der Waals surface area contributed by atoms with Gasteiger partial charge in [0.1, 0.15) is 11.3 Å². The maximum Gasteiger partial charge on any atom is 0.341 e. The van der Waals surface area contributed by atoms with Gasteiger partial charge in [0, 0.05) is 32.2 Å². The summed E-state index contributed by atoms with van der Waals surface area (Å²) in [6.45, 7) is 6.20. The van der Waals surface area contributed by atoms with Crippen molar-refractivity contribution in [2.24, 2.45) is 5.73 Å². The van der Waals surface area contributed by atoms with Crippen LogP contribution in [-0.4, -0.2) is 61.6 Å². The van der Waals surface area contributed by atoms with E-state index < -0.39 is 0 Å². The number of piperazine rings is 1. The van der Waals surface area contributed by atoms with Crippen molar-refractivity contribution in [2.75, 3.05) is 39.8 Å². The number of nitrogens with two attached hydrogens (primary N) is 1. The zero-order valence-electron chi connectivity index (χ0n) is 12.2. The minimum Gasteiger partial charge on any atom is -0.467 e. The van der Waals surface area contributed by atoms with Crippen molar-refractivity contribution in [1.29, 1.82) is 0 Å². The topological polar surface area (TPSA) is 71.9 Å². The van der Waals surface area contributed by atoms with Crippen molar-refractivity contribution in [3.05, 3.63) is 23.7 Å². The van der Waals surface area contributed by atoms with Crippen LogP contribution in [0.1, 0.15) is 23.0 Å². The largest absolute Gasteiger partial charge is 0.467 e. The summed E-state index contributed by atoms with van der Waals surface area (Å²) in [7, 11) is 2.09. The van der Waals surface area contributed by atoms with Crippen LogP contribution in [0.15, 0.2) is 16.7 Å². The molecule has 1 saturated heterocycles. The van der Waals surface area contributed by atoms with Crippen LogP contribution in [0.5, 0.6) is 0 Å². The lowest BCUT2D eigenvalue weighted by atomic mass is 10.1. The predicted molar refractivity (Wildman–Crippen MR) is 75.4 cm³/mol. The second kappa shape index (κ2) is 6.88. The number of likely N-dealkylation sites (N-methyl/N-ethyl adjacent to an activating group) is 1. The third kappa shape index (κ3) is 3.39. The molecule has 0 amide bonds. The number of ether oxygens (including phenoxy) is 1. The zero-order valence-corrected chi connectivity index (χ0v) is 12.2. The molecule has 6 nitrogen and oxygen atoms in total. The minimum atomic E-state index is -0.324. The Morgan fingerprint density at radius 1 is 1.55 bits per heavy atom. The van der Waals surface area contributed by atoms with Gasteiger partial charge in [0.05, 0.1) is 19.4 Å². The SMILES string of the molecule is CCOC(=O)c1ccoc1CN1CCN(C)CC1CN. The van der Waals surface area contributed by atoms with Gasteiger partial charge >= 0.3 is 5.97 Å². The van der Waals surface area contributed by atoms with Gasteiger partial charge in [-0.2, -0.15) is 0 Å². The maximum atomic E-state index is 11.8. The quantitative estimate of drug-likeness (QED) is 0.794. The first kappa shape index (κ1) is 15.0. The summed E-state index contributed by atoms with van der Waals surface area (Å²) in [5.74, 6) is 0.334. The lowest BCUT2D eigenvalue weighted by Crippen LogP contribution is -2.54. The van der Waals surface area contributed by atoms with Gasteiger partial charge in [0.25, 0.3) is 0 Å². The first-order valence-electron chi connectivity index (χ1n) is 7.01. The molecule has 0 spiro atoms. The van der Waals surface area contributed by atoms with Crippen molar-refractivity contribution >= 4 is 5.97 Å². The molecule has 1 unspecified atom stereocenters. The Kier molecular flexibility index (Phi) is 5.17. The van der Waals surface area contributed by atoms with E-state index in [0.717, 1.165) is 19.6 Å². The highest BCUT2D eigenvalue weighted by Gasteiger charge is 2.26. The lowest BCUT2D eigenvalue weighted by Gasteiger charge is -2.39. The highest BCUT2D eigenvalue weighted by molar-refractivity contribution is 5.90. The molecule has 6 heteroatoms. The molecule has 0 aromatic carbocycles. The molecule has 20 heavy (non-hydrogen) atoms. The third-order valence-electron chi connectivity index (χ3n) is 3.67. The van der Waals surface area contributed by atoms with Crippen LogP contribution < -0.4 is 5.73 Å². The summed E-state index contributed by atoms with van der Waals surface area (Å²) in [5.41, 5.74) is 6.36. The molecule has 1 fully saturated rings. The van der Waals surface area contributed by atoms with E-state index in [2.05, 4.69) is 16.8 Å². The number of rotatable bonds is 5. The molecule has 1 aromatic rings. The van der Waals surface area contributed by atoms with Crippen molar-refractivity contribution < 1.29 is 13.9 Å². The molecule has 0 bridgehead atoms. The summed E-state index contributed by atoms with van der Waals surface area (Å²) >= 11 is 0. The molecule has 2 heterocycles. The number of carbonyl (C=O) groups excluding carboxylic acids is 1. The van der Waals surface area contributed by atoms with E-state index in [1.165, 1.54) is 6.26 Å². The molecular formula is C14H23N3O3. The minimum absolute atomic E-state index is 0.286. The molecular weight excluding hydrogens is 258 g/mol. The average Bonchev–Trinajstić information content (AvgIpc) is 2.89. The first-order chi connectivity index (χ1) is 9.65. The van der Waals surface area contributed by atoms with Crippen molar-refractivity contribution in [1.82, 2.24) is 9.80 Å². The van der Waals surface area contributed by atoms with Gasteiger partial charge in [-0.3, -0.25) is 4.90 Å². The Bertz CT molecular complexity index is 447. The molecule has 1 atom stereocenters. The summed E-state index contributed by atoms with van der Waals surface area (Å²) < 4.78 is 10.5. The highest BCUT2D eigenvalue weighted by atomic mass is 16.5. The lowest BCUT2D eigenvalue weighted by molar-refractivity contribution is 0.0514. The van der Waals surface area contributed by atoms with Crippen LogP contribution in [0.3, 0.4) is 0 Å². The van der Waals surface area contributed by atoms with Gasteiger partial charge < -0.3 is 19.8 Å². The van der Waals surface area contributed by atoms with Crippen molar-refractivity contribution in [3.8, 4) is 0 Å². The van der Waals surface area contributed by atoms with Gasteiger partial charge in [-0.15, -0.1) is 0 Å². The molecule has 1 aromatic heterocycles. The third-order valence-corrected chi connectivity index (χ3v) is 3.67. The number of esters is 1. The van der Waals surface area contributed by atoms with E-state index in [9.17, 15) is 4.79 Å². The van der Waals surface area contributed by atoms with Gasteiger partial charge in [0.15, 0.2) is 0 Å². The fraction of sp³-hybridized carbons (Fsp3) is 0.643. The Labute approximate surface area is 119 Å². The average molecular weight is 281 g/mol. The summed E-state index contributed by atoms with van der Waals surface area (Å²) in [6.07, 6.45) is 1.54. The Hall–Kier alpha value is -1.37. The van der Waals surface area contributed by atoms with E-state index >= 15 is 0 Å². The fourth-order valence-corrected chi connectivity index (χ4v) is 2.52. The van der Waals surface area contributed by atoms with Gasteiger partial charge in [0.2, 0.25) is 0 Å². The van der Waals surface area contributed by atoms with Crippen LogP contribution >= 0.6 is 0 Å². The molecule has 0 saturated carbocycles. The van der Waals surface area contributed by atoms with Crippen molar-refractivity contribution in [3.63, 3.8) is 0 Å². The standard InChI is InChI=1S/C14H23N3O3/c1-3-19-14(18)12-4-7-20-13(12)10-17-6-5-16(2)9-11(17)8-15/h4,7,11H,3,5-6,8-10,15H2,1-2H3. The Morgan fingerprint density at radius 3 is 3.05 bits per heavy atom. The van der Waals surface area contributed by atoms with Crippen LogP contribution in [0.2, 0.25) is 0 Å². The second-order valence-corrected chi connectivity index (χ2v) is 5.10. The van der Waals surface area contributed by atoms with E-state index in [1.807, 2.05) is 0 Å². The summed E-state index contributed by atoms with van der Waals surface area (Å²) in [6, 6.07) is 1.95. The smallest absolute Gasteiger partial charge is 0.341 e. The van der Waals surface area contributed by atoms with Crippen molar-refractivity contribution in [2.45, 2.75) is 19.5 Å². The zero-order chi connectivity index (χ0) is 14.5. The molecule has 2 N–H and O–H groups in total. The second-order valence-electron chi connectivity index (χ2n) is 5.10. The van der Waals surface area contributed by atoms with Crippen LogP contribution in [0.25, 0.3) is 0 Å². The number of furan rings is 1. The van der Waals surface area contributed by atoms with E-state index in [-0.39, 0.29) is 12.0 Å². The van der Waals surface area contributed by atoms with Gasteiger partial charge in [-0.25, -0.2) is 4.79 Å². The normalized spacial score (nSPS) is 21.1. The first-order valence-corrected chi connectivity index (χ1v) is 7.01. The number of hydrogen-bond acceptors (Lipinski definition) is 6. The highest BCUT2D eigenvalue weighted by Crippen LogP contribution is 2.18. The molecule has 1 aliphatic heterocycles. The molecule has 0 radical (unpaired) electrons. The Balaban J connectivity index is 2.06. The van der Waals surface area contributed by atoms with Gasteiger partial charge in [-0.1, -0.05) is 0 Å². The van der Waals surface area contributed by atoms with E-state index in [1.54, 1.807) is 13.0 Å². The predicted octanol–water partition coefficient (Wildman–Crippen LogP) is 0.531. The number of nitrogens with zero attached hydrogens (tertiary/aromatic N) is 2. The van der Waals surface area contributed by atoms with Crippen LogP contribution in [0.4, 0.5) is 0 Å². The Morgan fingerprint density at radius 2 is 2.35 bits per heavy atom. The maximum absolute atomic E-state index is 11.8. The van der Waals surface area contributed by atoms with E-state index in [0.29, 0.717) is 31.0 Å². The molecule has 112 valence electrons. The fourth-order valence-electron chi connectivity index (χ4n) is 2.52.